The van der Waals surface area contributed by atoms with Crippen molar-refractivity contribution in [2.75, 3.05) is 0 Å². The van der Waals surface area contributed by atoms with Crippen LogP contribution in [-0.2, 0) is 11.2 Å². The fraction of sp³-hybridized carbons (Fsp3) is 0.160. The number of carbonyl (C=O) groups is 1. The summed E-state index contributed by atoms with van der Waals surface area (Å²) in [6, 6.07) is 17.5. The Bertz CT molecular complexity index is 1230. The Kier molecular flexibility index (Phi) is 6.02. The second kappa shape index (κ2) is 8.88. The quantitative estimate of drug-likeness (QED) is 0.206. The van der Waals surface area contributed by atoms with Crippen LogP contribution in [-0.4, -0.2) is 27.6 Å². The van der Waals surface area contributed by atoms with E-state index in [9.17, 15) is 19.4 Å². The molecule has 4 rings (SSSR count). The third-order valence-electron chi connectivity index (χ3n) is 5.50. The lowest BCUT2D eigenvalue weighted by Gasteiger charge is -2.20. The van der Waals surface area contributed by atoms with Crippen molar-refractivity contribution in [1.82, 2.24) is 4.98 Å². The van der Waals surface area contributed by atoms with Gasteiger partial charge in [-0.25, -0.2) is 4.39 Å². The van der Waals surface area contributed by atoms with Gasteiger partial charge in [0.2, 0.25) is 0 Å². The van der Waals surface area contributed by atoms with Crippen LogP contribution in [0.25, 0.3) is 10.9 Å². The summed E-state index contributed by atoms with van der Waals surface area (Å²) in [5, 5.41) is 24.2. The summed E-state index contributed by atoms with van der Waals surface area (Å²) in [7, 11) is 0. The van der Waals surface area contributed by atoms with Crippen LogP contribution in [0.3, 0.4) is 0 Å². The highest BCUT2D eigenvalue weighted by atomic mass is 32.1. The zero-order chi connectivity index (χ0) is 22.0. The standard InChI is InChI=1S/C25H22FNO3S/c1-15-18-13-17(26)9-10-20(18)27-24(15)23(22-8-5-11-31-22)19(14-28)25(30)21(29)12-16-6-3-2-4-7-16/h2-11,13-14,21,23,27,29-30H,12H2,1H3/b25-19-. The maximum absolute atomic E-state index is 13.8. The number of halogens is 1. The molecule has 4 aromatic rings. The van der Waals surface area contributed by atoms with Gasteiger partial charge < -0.3 is 15.2 Å². The number of nitrogens with one attached hydrogen (secondary N) is 1. The van der Waals surface area contributed by atoms with Gasteiger partial charge in [-0.3, -0.25) is 4.79 Å². The predicted molar refractivity (Wildman–Crippen MR) is 121 cm³/mol. The van der Waals surface area contributed by atoms with Crippen molar-refractivity contribution in [2.45, 2.75) is 25.4 Å². The minimum atomic E-state index is -1.23. The Morgan fingerprint density at radius 3 is 2.61 bits per heavy atom. The Morgan fingerprint density at radius 2 is 1.94 bits per heavy atom. The second-order valence-corrected chi connectivity index (χ2v) is 8.45. The van der Waals surface area contributed by atoms with E-state index in [0.29, 0.717) is 17.4 Å². The van der Waals surface area contributed by atoms with E-state index < -0.39 is 12.0 Å². The number of aromatic nitrogens is 1. The first-order valence-electron chi connectivity index (χ1n) is 9.91. The topological polar surface area (TPSA) is 73.3 Å². The summed E-state index contributed by atoms with van der Waals surface area (Å²) >= 11 is 1.44. The third kappa shape index (κ3) is 4.17. The lowest BCUT2D eigenvalue weighted by atomic mass is 9.89. The third-order valence-corrected chi connectivity index (χ3v) is 6.43. The fourth-order valence-corrected chi connectivity index (χ4v) is 4.77. The molecule has 0 saturated heterocycles. The van der Waals surface area contributed by atoms with Crippen LogP contribution < -0.4 is 0 Å². The maximum Gasteiger partial charge on any atom is 0.150 e. The molecule has 0 aliphatic rings. The van der Waals surface area contributed by atoms with Gasteiger partial charge in [0.15, 0.2) is 6.29 Å². The first kappa shape index (κ1) is 21.0. The lowest BCUT2D eigenvalue weighted by Crippen LogP contribution is -2.19. The van der Waals surface area contributed by atoms with Crippen LogP contribution in [0.2, 0.25) is 0 Å². The molecule has 6 heteroatoms. The van der Waals surface area contributed by atoms with Gasteiger partial charge >= 0.3 is 0 Å². The second-order valence-electron chi connectivity index (χ2n) is 7.47. The average Bonchev–Trinajstić information content (AvgIpc) is 3.41. The van der Waals surface area contributed by atoms with Crippen molar-refractivity contribution < 1.29 is 19.4 Å². The Hall–Kier alpha value is -3.22. The largest absolute Gasteiger partial charge is 0.509 e. The Balaban J connectivity index is 1.83. The van der Waals surface area contributed by atoms with Gasteiger partial charge in [-0.05, 0) is 47.7 Å². The Labute approximate surface area is 183 Å². The number of thiophene rings is 1. The number of hydrogen-bond acceptors (Lipinski definition) is 4. The number of allylic oxidation sites excluding steroid dienone is 1. The van der Waals surface area contributed by atoms with Gasteiger partial charge in [0.1, 0.15) is 17.7 Å². The van der Waals surface area contributed by atoms with Crippen LogP contribution >= 0.6 is 11.3 Å². The van der Waals surface area contributed by atoms with Gasteiger partial charge in [-0.1, -0.05) is 36.4 Å². The molecule has 2 aromatic heterocycles. The van der Waals surface area contributed by atoms with Gasteiger partial charge in [0.25, 0.3) is 0 Å². The van der Waals surface area contributed by atoms with Gasteiger partial charge in [0, 0.05) is 33.5 Å². The van der Waals surface area contributed by atoms with Gasteiger partial charge in [-0.2, -0.15) is 0 Å². The molecule has 0 fully saturated rings. The maximum atomic E-state index is 13.8. The number of H-pyrrole nitrogens is 1. The zero-order valence-electron chi connectivity index (χ0n) is 16.9. The number of aromatic amines is 1. The minimum Gasteiger partial charge on any atom is -0.509 e. The molecular weight excluding hydrogens is 413 g/mol. The molecule has 0 spiro atoms. The zero-order valence-corrected chi connectivity index (χ0v) is 17.7. The monoisotopic (exact) mass is 435 g/mol. The SMILES string of the molecule is Cc1c(C(/C(C=O)=C(\O)C(O)Cc2ccccc2)c2cccs2)[nH]c2ccc(F)cc12. The molecule has 0 radical (unpaired) electrons. The van der Waals surface area contributed by atoms with Gasteiger partial charge in [0.05, 0.1) is 5.92 Å². The lowest BCUT2D eigenvalue weighted by molar-refractivity contribution is -0.105. The van der Waals surface area contributed by atoms with Crippen molar-refractivity contribution in [3.05, 3.63) is 105 Å². The molecule has 2 unspecified atom stereocenters. The molecule has 2 aromatic carbocycles. The number of hydrogen-bond donors (Lipinski definition) is 3. The molecular formula is C25H22FNO3S. The van der Waals surface area contributed by atoms with E-state index in [1.807, 2.05) is 54.8 Å². The van der Waals surface area contributed by atoms with Crippen LogP contribution in [0.1, 0.15) is 27.6 Å². The number of benzene rings is 2. The van der Waals surface area contributed by atoms with Crippen LogP contribution in [0.5, 0.6) is 0 Å². The van der Waals surface area contributed by atoms with Crippen molar-refractivity contribution in [1.29, 1.82) is 0 Å². The highest BCUT2D eigenvalue weighted by molar-refractivity contribution is 7.10. The molecule has 0 saturated carbocycles. The smallest absolute Gasteiger partial charge is 0.150 e. The number of aldehydes is 1. The summed E-state index contributed by atoms with van der Waals surface area (Å²) in [5.41, 5.74) is 3.14. The minimum absolute atomic E-state index is 0.0843. The molecule has 0 aliphatic heterocycles. The summed E-state index contributed by atoms with van der Waals surface area (Å²) in [5.74, 6) is -1.32. The van der Waals surface area contributed by atoms with Crippen molar-refractivity contribution in [3.8, 4) is 0 Å². The van der Waals surface area contributed by atoms with E-state index in [-0.39, 0.29) is 23.6 Å². The van der Waals surface area contributed by atoms with E-state index in [2.05, 4.69) is 4.98 Å². The molecule has 0 bridgehead atoms. The highest BCUT2D eigenvalue weighted by Crippen LogP contribution is 2.39. The molecule has 0 amide bonds. The van der Waals surface area contributed by atoms with E-state index in [4.69, 9.17) is 0 Å². The summed E-state index contributed by atoms with van der Waals surface area (Å²) < 4.78 is 13.8. The highest BCUT2D eigenvalue weighted by Gasteiger charge is 2.29. The molecule has 31 heavy (non-hydrogen) atoms. The normalized spacial score (nSPS) is 14.3. The van der Waals surface area contributed by atoms with Crippen molar-refractivity contribution in [3.63, 3.8) is 0 Å². The molecule has 158 valence electrons. The molecule has 0 aliphatic carbocycles. The summed E-state index contributed by atoms with van der Waals surface area (Å²) in [6.45, 7) is 1.86. The molecule has 4 nitrogen and oxygen atoms in total. The fourth-order valence-electron chi connectivity index (χ4n) is 3.92. The van der Waals surface area contributed by atoms with Crippen LogP contribution in [0.4, 0.5) is 4.39 Å². The number of carbonyl (C=O) groups excluding carboxylic acids is 1. The summed E-state index contributed by atoms with van der Waals surface area (Å²) in [6.07, 6.45) is -0.454. The number of aliphatic hydroxyl groups excluding tert-OH is 2. The molecule has 2 heterocycles. The number of rotatable bonds is 7. The number of fused-ring (bicyclic) bond motifs is 1. The summed E-state index contributed by atoms with van der Waals surface area (Å²) in [4.78, 5) is 16.3. The van der Waals surface area contributed by atoms with Crippen LogP contribution in [0.15, 0.2) is 77.4 Å². The van der Waals surface area contributed by atoms with Gasteiger partial charge in [-0.15, -0.1) is 11.3 Å². The number of aliphatic hydroxyl groups is 2. The first-order valence-corrected chi connectivity index (χ1v) is 10.8. The van der Waals surface area contributed by atoms with Crippen molar-refractivity contribution >= 4 is 28.5 Å². The van der Waals surface area contributed by atoms with E-state index >= 15 is 0 Å². The molecule has 3 N–H and O–H groups in total. The first-order chi connectivity index (χ1) is 15.0. The van der Waals surface area contributed by atoms with Crippen molar-refractivity contribution in [2.24, 2.45) is 0 Å². The van der Waals surface area contributed by atoms with E-state index in [0.717, 1.165) is 21.5 Å². The Morgan fingerprint density at radius 1 is 1.16 bits per heavy atom. The van der Waals surface area contributed by atoms with E-state index in [1.54, 1.807) is 6.07 Å². The average molecular weight is 436 g/mol. The number of aryl methyl sites for hydroxylation is 1. The molecule has 2 atom stereocenters. The predicted octanol–water partition coefficient (Wildman–Crippen LogP) is 5.42. The van der Waals surface area contributed by atoms with Crippen LogP contribution in [0, 0.1) is 12.7 Å². The van der Waals surface area contributed by atoms with E-state index in [1.165, 1.54) is 23.5 Å².